The number of methoxy groups -OCH3 is 1. The van der Waals surface area contributed by atoms with E-state index >= 15 is 0 Å². The Morgan fingerprint density at radius 3 is 2.36 bits per heavy atom. The van der Waals surface area contributed by atoms with Crippen LogP contribution >= 0.6 is 11.8 Å². The van der Waals surface area contributed by atoms with Crippen LogP contribution in [-0.4, -0.2) is 64.2 Å². The minimum Gasteiger partial charge on any atom is -0.431 e. The zero-order chi connectivity index (χ0) is 19.2. The van der Waals surface area contributed by atoms with E-state index in [2.05, 4.69) is 0 Å². The minimum absolute atomic E-state index is 0.222. The Bertz CT molecular complexity index is 575. The molecule has 0 N–H and O–H groups in total. The third-order valence-corrected chi connectivity index (χ3v) is 5.42. The summed E-state index contributed by atoms with van der Waals surface area (Å²) in [6, 6.07) is -0.787. The molecule has 2 aliphatic rings. The van der Waals surface area contributed by atoms with Crippen LogP contribution in [0.2, 0.25) is 0 Å². The third-order valence-electron chi connectivity index (χ3n) is 3.88. The van der Waals surface area contributed by atoms with E-state index in [1.165, 1.54) is 37.6 Å². The van der Waals surface area contributed by atoms with Gasteiger partial charge >= 0.3 is 12.1 Å². The lowest BCUT2D eigenvalue weighted by molar-refractivity contribution is -0.211. The maximum Gasteiger partial charge on any atom is 0.511 e. The van der Waals surface area contributed by atoms with Crippen LogP contribution in [-0.2, 0) is 28.5 Å². The highest BCUT2D eigenvalue weighted by atomic mass is 32.2. The van der Waals surface area contributed by atoms with E-state index in [-0.39, 0.29) is 17.4 Å². The van der Waals surface area contributed by atoms with Gasteiger partial charge in [-0.05, 0) is 27.7 Å². The van der Waals surface area contributed by atoms with Gasteiger partial charge in [-0.15, -0.1) is 11.8 Å². The largest absolute Gasteiger partial charge is 0.511 e. The molecule has 25 heavy (non-hydrogen) atoms. The highest BCUT2D eigenvalue weighted by molar-refractivity contribution is 8.01. The molecule has 8 nitrogen and oxygen atoms in total. The average Bonchev–Trinajstić information content (AvgIpc) is 2.65. The molecule has 2 aliphatic heterocycles. The number of esters is 1. The van der Waals surface area contributed by atoms with Crippen molar-refractivity contribution < 1.29 is 33.3 Å². The molecule has 0 aromatic rings. The molecule has 0 radical (unpaired) electrons. The highest BCUT2D eigenvalue weighted by Crippen LogP contribution is 2.51. The van der Waals surface area contributed by atoms with Crippen molar-refractivity contribution in [1.82, 2.24) is 4.90 Å². The fourth-order valence-corrected chi connectivity index (χ4v) is 4.56. The molecule has 0 aromatic heterocycles. The highest BCUT2D eigenvalue weighted by Gasteiger charge is 2.64. The van der Waals surface area contributed by atoms with E-state index in [1.807, 2.05) is 13.8 Å². The molecule has 3 atom stereocenters. The zero-order valence-corrected chi connectivity index (χ0v) is 16.3. The van der Waals surface area contributed by atoms with Gasteiger partial charge in [0.05, 0.1) is 6.10 Å². The smallest absolute Gasteiger partial charge is 0.431 e. The fourth-order valence-electron chi connectivity index (χ4n) is 2.91. The molecule has 142 valence electrons. The summed E-state index contributed by atoms with van der Waals surface area (Å²) in [7, 11) is 1.47. The second kappa shape index (κ2) is 6.68. The third kappa shape index (κ3) is 3.87. The topological polar surface area (TPSA) is 91.4 Å². The molecule has 0 bridgehead atoms. The quantitative estimate of drug-likeness (QED) is 0.409. The standard InChI is InChI=1S/C16H25NO7S/c1-8(2)22-14(20)24-16(5,6)23-13(19)10-15(3,4)25-12-9(21-7)11(18)17(10)12/h8-10,12H,1-7H3/t9-,10+,12-/m1/s1. The Morgan fingerprint density at radius 1 is 1.24 bits per heavy atom. The maximum absolute atomic E-state index is 12.7. The summed E-state index contributed by atoms with van der Waals surface area (Å²) in [5, 5.41) is -0.222. The second-order valence-corrected chi connectivity index (χ2v) is 9.03. The van der Waals surface area contributed by atoms with Crippen LogP contribution in [0.5, 0.6) is 0 Å². The molecule has 2 fully saturated rings. The summed E-state index contributed by atoms with van der Waals surface area (Å²) in [5.74, 6) is -2.40. The normalized spacial score (nSPS) is 27.6. The monoisotopic (exact) mass is 375 g/mol. The number of nitrogens with zero attached hydrogens (tertiary/aromatic N) is 1. The van der Waals surface area contributed by atoms with Gasteiger partial charge in [0.25, 0.3) is 11.7 Å². The Balaban J connectivity index is 2.07. The number of thioether (sulfide) groups is 1. The van der Waals surface area contributed by atoms with Gasteiger partial charge in [-0.25, -0.2) is 9.59 Å². The van der Waals surface area contributed by atoms with Crippen molar-refractivity contribution >= 4 is 29.8 Å². The van der Waals surface area contributed by atoms with Gasteiger partial charge in [-0.1, -0.05) is 0 Å². The van der Waals surface area contributed by atoms with Gasteiger partial charge in [0, 0.05) is 25.7 Å². The number of rotatable bonds is 5. The summed E-state index contributed by atoms with van der Waals surface area (Å²) >= 11 is 1.49. The van der Waals surface area contributed by atoms with Crippen molar-refractivity contribution in [3.63, 3.8) is 0 Å². The molecule has 0 spiro atoms. The molecule has 0 aliphatic carbocycles. The summed E-state index contributed by atoms with van der Waals surface area (Å²) in [6.07, 6.45) is -1.83. The van der Waals surface area contributed by atoms with Crippen molar-refractivity contribution in [3.8, 4) is 0 Å². The van der Waals surface area contributed by atoms with Crippen LogP contribution in [0.25, 0.3) is 0 Å². The molecule has 2 heterocycles. The Morgan fingerprint density at radius 2 is 1.84 bits per heavy atom. The first-order valence-electron chi connectivity index (χ1n) is 8.05. The van der Waals surface area contributed by atoms with Crippen molar-refractivity contribution in [1.29, 1.82) is 0 Å². The van der Waals surface area contributed by atoms with Gasteiger partial charge in [0.15, 0.2) is 6.10 Å². The maximum atomic E-state index is 12.7. The molecule has 9 heteroatoms. The number of carbonyl (C=O) groups is 3. The number of hydrogen-bond acceptors (Lipinski definition) is 8. The van der Waals surface area contributed by atoms with E-state index in [4.69, 9.17) is 18.9 Å². The van der Waals surface area contributed by atoms with Crippen LogP contribution < -0.4 is 0 Å². The molecular weight excluding hydrogens is 350 g/mol. The molecule has 2 saturated heterocycles. The van der Waals surface area contributed by atoms with Crippen molar-refractivity contribution in [3.05, 3.63) is 0 Å². The molecule has 2 rings (SSSR count). The average molecular weight is 375 g/mol. The van der Waals surface area contributed by atoms with Gasteiger partial charge in [0.1, 0.15) is 11.4 Å². The first-order valence-corrected chi connectivity index (χ1v) is 8.93. The molecule has 0 aromatic carbocycles. The fraction of sp³-hybridized carbons (Fsp3) is 0.812. The van der Waals surface area contributed by atoms with E-state index in [0.717, 1.165) is 0 Å². The molecule has 1 amide bonds. The number of fused-ring (bicyclic) bond motifs is 1. The number of amides is 1. The van der Waals surface area contributed by atoms with Crippen molar-refractivity contribution in [2.24, 2.45) is 0 Å². The van der Waals surface area contributed by atoms with Crippen LogP contribution in [0.15, 0.2) is 0 Å². The lowest BCUT2D eigenvalue weighted by Crippen LogP contribution is -2.66. The Labute approximate surface area is 151 Å². The van der Waals surface area contributed by atoms with E-state index < -0.39 is 34.8 Å². The van der Waals surface area contributed by atoms with Crippen LogP contribution in [0.1, 0.15) is 41.5 Å². The molecule has 0 saturated carbocycles. The number of ether oxygens (including phenoxy) is 4. The number of β-lactam (4-membered cyclic amide) rings is 1. The van der Waals surface area contributed by atoms with Crippen LogP contribution in [0.4, 0.5) is 4.79 Å². The molecule has 0 unspecified atom stereocenters. The Hall–Kier alpha value is -1.48. The van der Waals surface area contributed by atoms with Crippen LogP contribution in [0, 0.1) is 0 Å². The van der Waals surface area contributed by atoms with Crippen molar-refractivity contribution in [2.45, 2.75) is 75.7 Å². The first kappa shape index (κ1) is 19.8. The lowest BCUT2D eigenvalue weighted by atomic mass is 9.97. The molecular formula is C16H25NO7S. The van der Waals surface area contributed by atoms with E-state index in [0.29, 0.717) is 0 Å². The number of carbonyl (C=O) groups excluding carboxylic acids is 3. The SMILES string of the molecule is CO[C@@H]1C(=O)N2[C@@H]1SC(C)(C)[C@@H]2C(=O)OC(C)(C)OC(=O)OC(C)C. The summed E-state index contributed by atoms with van der Waals surface area (Å²) in [6.45, 7) is 9.97. The van der Waals surface area contributed by atoms with E-state index in [1.54, 1.807) is 13.8 Å². The van der Waals surface area contributed by atoms with Gasteiger partial charge in [-0.3, -0.25) is 4.79 Å². The second-order valence-electron chi connectivity index (χ2n) is 7.26. The van der Waals surface area contributed by atoms with Gasteiger partial charge in [0.2, 0.25) is 0 Å². The summed E-state index contributed by atoms with van der Waals surface area (Å²) in [4.78, 5) is 38.0. The summed E-state index contributed by atoms with van der Waals surface area (Å²) < 4.78 is 19.9. The first-order chi connectivity index (χ1) is 11.4. The Kier molecular flexibility index (Phi) is 5.30. The summed E-state index contributed by atoms with van der Waals surface area (Å²) in [5.41, 5.74) is 0. The zero-order valence-electron chi connectivity index (χ0n) is 15.5. The van der Waals surface area contributed by atoms with Gasteiger partial charge < -0.3 is 23.8 Å². The lowest BCUT2D eigenvalue weighted by Gasteiger charge is -2.43. The minimum atomic E-state index is -1.52. The van der Waals surface area contributed by atoms with E-state index in [9.17, 15) is 14.4 Å². The predicted molar refractivity (Wildman–Crippen MR) is 89.8 cm³/mol. The van der Waals surface area contributed by atoms with Crippen molar-refractivity contribution in [2.75, 3.05) is 7.11 Å². The van der Waals surface area contributed by atoms with Crippen LogP contribution in [0.3, 0.4) is 0 Å². The van der Waals surface area contributed by atoms with Gasteiger partial charge in [-0.2, -0.15) is 0 Å². The predicted octanol–water partition coefficient (Wildman–Crippen LogP) is 1.90. The number of hydrogen-bond donors (Lipinski definition) is 0.